The van der Waals surface area contributed by atoms with Gasteiger partial charge in [-0.15, -0.1) is 0 Å². The van der Waals surface area contributed by atoms with Crippen LogP contribution in [0.15, 0.2) is 72.8 Å². The molecule has 0 bridgehead atoms. The predicted octanol–water partition coefficient (Wildman–Crippen LogP) is 6.66. The van der Waals surface area contributed by atoms with E-state index in [1.54, 1.807) is 60.7 Å². The number of fused-ring (bicyclic) bond motifs is 4. The van der Waals surface area contributed by atoms with Crippen LogP contribution >= 0.6 is 22.7 Å². The van der Waals surface area contributed by atoms with Crippen molar-refractivity contribution in [3.8, 4) is 34.5 Å². The molecule has 0 fully saturated rings. The van der Waals surface area contributed by atoms with Crippen LogP contribution in [0.3, 0.4) is 0 Å². The molecule has 0 spiro atoms. The molecule has 0 saturated carbocycles. The second-order valence-electron chi connectivity index (χ2n) is 9.44. The first-order chi connectivity index (χ1) is 21.0. The van der Waals surface area contributed by atoms with E-state index < -0.39 is 0 Å². The van der Waals surface area contributed by atoms with Crippen molar-refractivity contribution in [2.24, 2.45) is 0 Å². The smallest absolute Gasteiger partial charge is 0.257 e. The molecule has 0 unspecified atom stereocenters. The van der Waals surface area contributed by atoms with Crippen molar-refractivity contribution in [1.82, 2.24) is 9.97 Å². The number of anilines is 2. The first-order valence-electron chi connectivity index (χ1n) is 13.0. The monoisotopic (exact) mass is 610 g/mol. The Bertz CT molecular complexity index is 1830. The highest BCUT2D eigenvalue weighted by atomic mass is 32.1. The maximum Gasteiger partial charge on any atom is 0.257 e. The Kier molecular flexibility index (Phi) is 5.98. The number of benzene rings is 4. The first-order valence-corrected chi connectivity index (χ1v) is 14.6. The number of rotatable bonds is 6. The van der Waals surface area contributed by atoms with Gasteiger partial charge in [-0.25, -0.2) is 9.97 Å². The molecule has 8 rings (SSSR count). The van der Waals surface area contributed by atoms with Crippen molar-refractivity contribution in [2.45, 2.75) is 0 Å². The summed E-state index contributed by atoms with van der Waals surface area (Å²) in [6, 6.07) is 20.8. The Morgan fingerprint density at radius 1 is 0.605 bits per heavy atom. The zero-order valence-corrected chi connectivity index (χ0v) is 23.5. The van der Waals surface area contributed by atoms with Gasteiger partial charge in [0.25, 0.3) is 11.8 Å². The molecule has 0 radical (unpaired) electrons. The van der Waals surface area contributed by atoms with Gasteiger partial charge < -0.3 is 23.7 Å². The van der Waals surface area contributed by atoms with Gasteiger partial charge >= 0.3 is 0 Å². The summed E-state index contributed by atoms with van der Waals surface area (Å²) in [7, 11) is 0. The SMILES string of the molecule is O=C(Nc1nc2cc3c(cc2s1)OCO3)c1ccc(Oc2ccc(C(=O)Nc3nc4cc5c(cc4s3)OCO5)cc2)cc1. The highest BCUT2D eigenvalue weighted by Crippen LogP contribution is 2.40. The quantitative estimate of drug-likeness (QED) is 0.213. The number of ether oxygens (including phenoxy) is 5. The van der Waals surface area contributed by atoms with E-state index in [2.05, 4.69) is 20.6 Å². The lowest BCUT2D eigenvalue weighted by atomic mass is 10.2. The average molecular weight is 611 g/mol. The van der Waals surface area contributed by atoms with Crippen LogP contribution < -0.4 is 34.3 Å². The number of carbonyl (C=O) groups excluding carboxylic acids is 2. The number of thiazole rings is 2. The van der Waals surface area contributed by atoms with Crippen molar-refractivity contribution in [3.05, 3.63) is 83.9 Å². The Morgan fingerprint density at radius 3 is 1.42 bits per heavy atom. The molecule has 6 aromatic rings. The molecule has 2 amide bonds. The summed E-state index contributed by atoms with van der Waals surface area (Å²) in [4.78, 5) is 34.6. The van der Waals surface area contributed by atoms with E-state index >= 15 is 0 Å². The number of nitrogens with one attached hydrogen (secondary N) is 2. The predicted molar refractivity (Wildman–Crippen MR) is 160 cm³/mol. The molecule has 2 aliphatic rings. The molecule has 2 aliphatic heterocycles. The van der Waals surface area contributed by atoms with Crippen LogP contribution in [0, 0.1) is 0 Å². The number of nitrogens with zero attached hydrogens (tertiary/aromatic N) is 2. The lowest BCUT2D eigenvalue weighted by Crippen LogP contribution is -2.11. The maximum atomic E-state index is 12.8. The van der Waals surface area contributed by atoms with Gasteiger partial charge in [-0.1, -0.05) is 22.7 Å². The van der Waals surface area contributed by atoms with E-state index in [-0.39, 0.29) is 25.4 Å². The summed E-state index contributed by atoms with van der Waals surface area (Å²) in [5.41, 5.74) is 2.35. The van der Waals surface area contributed by atoms with Gasteiger partial charge in [0.05, 0.1) is 20.4 Å². The van der Waals surface area contributed by atoms with E-state index in [4.69, 9.17) is 23.7 Å². The largest absolute Gasteiger partial charge is 0.457 e. The molecule has 2 aromatic heterocycles. The van der Waals surface area contributed by atoms with E-state index in [9.17, 15) is 9.59 Å². The molecule has 0 saturated heterocycles. The summed E-state index contributed by atoms with van der Waals surface area (Å²) in [6.07, 6.45) is 0. The number of carbonyl (C=O) groups is 2. The molecular formula is C30H18N4O7S2. The second kappa shape index (κ2) is 10.2. The Morgan fingerprint density at radius 2 is 1.00 bits per heavy atom. The van der Waals surface area contributed by atoms with E-state index in [0.717, 1.165) is 20.4 Å². The molecule has 4 aromatic carbocycles. The Balaban J connectivity index is 0.890. The fraction of sp³-hybridized carbons (Fsp3) is 0.0667. The van der Waals surface area contributed by atoms with Crippen LogP contribution in [-0.4, -0.2) is 35.4 Å². The topological polar surface area (TPSA) is 130 Å². The fourth-order valence-electron chi connectivity index (χ4n) is 4.57. The lowest BCUT2D eigenvalue weighted by Gasteiger charge is -2.08. The summed E-state index contributed by atoms with van der Waals surface area (Å²) in [5, 5.41) is 6.62. The third kappa shape index (κ3) is 4.90. The van der Waals surface area contributed by atoms with Crippen LogP contribution in [0.25, 0.3) is 20.4 Å². The van der Waals surface area contributed by atoms with E-state index in [1.165, 1.54) is 22.7 Å². The number of hydrogen-bond acceptors (Lipinski definition) is 11. The molecule has 11 nitrogen and oxygen atoms in total. The van der Waals surface area contributed by atoms with Crippen LogP contribution in [0.4, 0.5) is 10.3 Å². The molecule has 4 heterocycles. The fourth-order valence-corrected chi connectivity index (χ4v) is 6.31. The molecule has 0 atom stereocenters. The van der Waals surface area contributed by atoms with Gasteiger partial charge in [0.2, 0.25) is 13.6 Å². The summed E-state index contributed by atoms with van der Waals surface area (Å²) in [5.74, 6) is 3.12. The molecular weight excluding hydrogens is 592 g/mol. The van der Waals surface area contributed by atoms with Gasteiger partial charge in [-0.2, -0.15) is 0 Å². The van der Waals surface area contributed by atoms with Crippen LogP contribution in [0.5, 0.6) is 34.5 Å². The standard InChI is InChI=1S/C30H18N4O7S2/c35-27(33-29-31-19-9-21-23(39-13-37-21)11-25(19)42-29)15-1-5-17(6-2-15)41-18-7-3-16(4-8-18)28(36)34-30-32-20-10-22-24(40-14-38-22)12-26(20)43-30/h1-12H,13-14H2,(H,31,33,35)(H,32,34,36). The first kappa shape index (κ1) is 25.3. The zero-order valence-electron chi connectivity index (χ0n) is 21.9. The normalized spacial score (nSPS) is 12.9. The molecule has 13 heteroatoms. The maximum absolute atomic E-state index is 12.8. The minimum absolute atomic E-state index is 0.194. The van der Waals surface area contributed by atoms with Crippen molar-refractivity contribution in [2.75, 3.05) is 24.2 Å². The van der Waals surface area contributed by atoms with Crippen LogP contribution in [-0.2, 0) is 0 Å². The van der Waals surface area contributed by atoms with Crippen LogP contribution in [0.1, 0.15) is 20.7 Å². The van der Waals surface area contributed by atoms with E-state index in [0.29, 0.717) is 55.9 Å². The zero-order chi connectivity index (χ0) is 28.9. The van der Waals surface area contributed by atoms with Gasteiger partial charge in [-0.3, -0.25) is 20.2 Å². The Labute approximate surface area is 250 Å². The number of amides is 2. The van der Waals surface area contributed by atoms with Crippen molar-refractivity contribution in [3.63, 3.8) is 0 Å². The van der Waals surface area contributed by atoms with Gasteiger partial charge in [0.1, 0.15) is 11.5 Å². The third-order valence-corrected chi connectivity index (χ3v) is 8.54. The van der Waals surface area contributed by atoms with Gasteiger partial charge in [0, 0.05) is 35.4 Å². The van der Waals surface area contributed by atoms with Crippen molar-refractivity contribution in [1.29, 1.82) is 0 Å². The lowest BCUT2D eigenvalue weighted by molar-refractivity contribution is 0.101. The van der Waals surface area contributed by atoms with Crippen LogP contribution in [0.2, 0.25) is 0 Å². The molecule has 212 valence electrons. The molecule has 43 heavy (non-hydrogen) atoms. The summed E-state index contributed by atoms with van der Waals surface area (Å²) in [6.45, 7) is 0.387. The Hall–Kier alpha value is -5.40. The minimum atomic E-state index is -0.292. The molecule has 2 N–H and O–H groups in total. The second-order valence-corrected chi connectivity index (χ2v) is 11.5. The van der Waals surface area contributed by atoms with E-state index in [1.807, 2.05) is 12.1 Å². The van der Waals surface area contributed by atoms with Crippen molar-refractivity contribution < 1.29 is 33.3 Å². The van der Waals surface area contributed by atoms with Gasteiger partial charge in [-0.05, 0) is 48.5 Å². The third-order valence-electron chi connectivity index (χ3n) is 6.68. The highest BCUT2D eigenvalue weighted by molar-refractivity contribution is 7.22. The minimum Gasteiger partial charge on any atom is -0.457 e. The molecule has 0 aliphatic carbocycles. The number of aromatic nitrogens is 2. The average Bonchev–Trinajstić information content (AvgIpc) is 3.81. The van der Waals surface area contributed by atoms with Crippen molar-refractivity contribution >= 4 is 65.2 Å². The number of hydrogen-bond donors (Lipinski definition) is 2. The van der Waals surface area contributed by atoms with Gasteiger partial charge in [0.15, 0.2) is 33.3 Å². The summed E-state index contributed by atoms with van der Waals surface area (Å²) >= 11 is 2.71. The highest BCUT2D eigenvalue weighted by Gasteiger charge is 2.19. The summed E-state index contributed by atoms with van der Waals surface area (Å²) < 4.78 is 29.3.